The lowest BCUT2D eigenvalue weighted by molar-refractivity contribution is 0.184. The number of hydrogen-bond acceptors (Lipinski definition) is 3. The molecule has 1 atom stereocenters. The maximum Gasteiger partial charge on any atom is 0.141 e. The SMILES string of the molecule is CCC(N)Cc1cc(COC)cc(Cl)c1OCC1CC1.Cl. The first-order valence-electron chi connectivity index (χ1n) is 7.32. The van der Waals surface area contributed by atoms with Gasteiger partial charge in [0.05, 0.1) is 18.2 Å². The summed E-state index contributed by atoms with van der Waals surface area (Å²) >= 11 is 6.38. The van der Waals surface area contributed by atoms with Gasteiger partial charge in [-0.2, -0.15) is 0 Å². The van der Waals surface area contributed by atoms with Crippen molar-refractivity contribution in [3.8, 4) is 5.75 Å². The normalized spacial score (nSPS) is 15.4. The van der Waals surface area contributed by atoms with E-state index in [0.29, 0.717) is 17.5 Å². The molecule has 1 saturated carbocycles. The van der Waals surface area contributed by atoms with Gasteiger partial charge >= 0.3 is 0 Å². The van der Waals surface area contributed by atoms with Crippen LogP contribution in [0.1, 0.15) is 37.3 Å². The number of halogens is 2. The zero-order chi connectivity index (χ0) is 14.5. The van der Waals surface area contributed by atoms with Crippen LogP contribution in [-0.2, 0) is 17.8 Å². The van der Waals surface area contributed by atoms with Gasteiger partial charge in [-0.3, -0.25) is 0 Å². The maximum atomic E-state index is 6.38. The third kappa shape index (κ3) is 5.67. The molecule has 1 unspecified atom stereocenters. The largest absolute Gasteiger partial charge is 0.491 e. The Bertz CT molecular complexity index is 450. The Labute approximate surface area is 138 Å². The van der Waals surface area contributed by atoms with Crippen molar-refractivity contribution >= 4 is 24.0 Å². The molecule has 0 amide bonds. The second-order valence-corrected chi connectivity index (χ2v) is 6.03. The molecule has 0 saturated heterocycles. The van der Waals surface area contributed by atoms with Crippen molar-refractivity contribution in [2.24, 2.45) is 11.7 Å². The van der Waals surface area contributed by atoms with Crippen molar-refractivity contribution in [2.45, 2.75) is 45.3 Å². The predicted molar refractivity (Wildman–Crippen MR) is 89.6 cm³/mol. The van der Waals surface area contributed by atoms with E-state index >= 15 is 0 Å². The molecule has 1 aliphatic carbocycles. The van der Waals surface area contributed by atoms with Crippen LogP contribution in [0, 0.1) is 5.92 Å². The topological polar surface area (TPSA) is 44.5 Å². The van der Waals surface area contributed by atoms with Crippen LogP contribution in [0.2, 0.25) is 5.02 Å². The molecule has 1 aromatic carbocycles. The van der Waals surface area contributed by atoms with Crippen LogP contribution < -0.4 is 10.5 Å². The molecule has 2 N–H and O–H groups in total. The molecule has 0 aromatic heterocycles. The number of nitrogens with two attached hydrogens (primary N) is 1. The van der Waals surface area contributed by atoms with E-state index in [4.69, 9.17) is 26.8 Å². The Morgan fingerprint density at radius 1 is 1.38 bits per heavy atom. The summed E-state index contributed by atoms with van der Waals surface area (Å²) in [5.41, 5.74) is 8.25. The number of methoxy groups -OCH3 is 1. The minimum atomic E-state index is 0. The van der Waals surface area contributed by atoms with E-state index in [-0.39, 0.29) is 18.4 Å². The van der Waals surface area contributed by atoms with Crippen LogP contribution in [0.25, 0.3) is 0 Å². The van der Waals surface area contributed by atoms with Gasteiger partial charge in [-0.1, -0.05) is 18.5 Å². The van der Waals surface area contributed by atoms with E-state index in [0.717, 1.165) is 36.3 Å². The first-order valence-corrected chi connectivity index (χ1v) is 7.70. The fraction of sp³-hybridized carbons (Fsp3) is 0.625. The Morgan fingerprint density at radius 3 is 2.67 bits per heavy atom. The smallest absolute Gasteiger partial charge is 0.141 e. The summed E-state index contributed by atoms with van der Waals surface area (Å²) < 4.78 is 11.1. The van der Waals surface area contributed by atoms with Crippen molar-refractivity contribution in [1.82, 2.24) is 0 Å². The fourth-order valence-electron chi connectivity index (χ4n) is 2.19. The third-order valence-electron chi connectivity index (χ3n) is 3.66. The number of ether oxygens (including phenoxy) is 2. The molecular weight excluding hydrogens is 309 g/mol. The Kier molecular flexibility index (Phi) is 7.82. The molecule has 0 radical (unpaired) electrons. The lowest BCUT2D eigenvalue weighted by Gasteiger charge is -2.17. The summed E-state index contributed by atoms with van der Waals surface area (Å²) in [4.78, 5) is 0. The highest BCUT2D eigenvalue weighted by molar-refractivity contribution is 6.32. The van der Waals surface area contributed by atoms with Gasteiger partial charge in [-0.05, 0) is 54.9 Å². The van der Waals surface area contributed by atoms with E-state index in [2.05, 4.69) is 13.0 Å². The van der Waals surface area contributed by atoms with Crippen molar-refractivity contribution < 1.29 is 9.47 Å². The first-order chi connectivity index (χ1) is 9.63. The summed E-state index contributed by atoms with van der Waals surface area (Å²) in [5, 5.41) is 0.665. The average molecular weight is 334 g/mol. The van der Waals surface area contributed by atoms with E-state index in [1.807, 2.05) is 6.07 Å². The van der Waals surface area contributed by atoms with Crippen molar-refractivity contribution in [1.29, 1.82) is 0 Å². The van der Waals surface area contributed by atoms with Crippen molar-refractivity contribution in [3.63, 3.8) is 0 Å². The lowest BCUT2D eigenvalue weighted by Crippen LogP contribution is -2.22. The standard InChI is InChI=1S/C16H24ClNO2.ClH/c1-3-14(18)8-13-6-12(9-19-2)7-15(17)16(13)20-10-11-4-5-11;/h6-7,11,14H,3-5,8-10,18H2,1-2H3;1H. The Morgan fingerprint density at radius 2 is 2.10 bits per heavy atom. The molecule has 5 heteroatoms. The van der Waals surface area contributed by atoms with Crippen LogP contribution in [0.4, 0.5) is 0 Å². The molecule has 3 nitrogen and oxygen atoms in total. The quantitative estimate of drug-likeness (QED) is 0.782. The van der Waals surface area contributed by atoms with Gasteiger partial charge in [0, 0.05) is 13.2 Å². The Balaban J connectivity index is 0.00000220. The second kappa shape index (κ2) is 8.84. The minimum absolute atomic E-state index is 0. The van der Waals surface area contributed by atoms with Gasteiger partial charge in [0.25, 0.3) is 0 Å². The molecular formula is C16H25Cl2NO2. The lowest BCUT2D eigenvalue weighted by atomic mass is 10.0. The molecule has 120 valence electrons. The first kappa shape index (κ1) is 18.6. The van der Waals surface area contributed by atoms with E-state index in [1.54, 1.807) is 7.11 Å². The van der Waals surface area contributed by atoms with Gasteiger partial charge in [-0.25, -0.2) is 0 Å². The van der Waals surface area contributed by atoms with Gasteiger partial charge in [0.2, 0.25) is 0 Å². The summed E-state index contributed by atoms with van der Waals surface area (Å²) in [6.45, 7) is 3.41. The zero-order valence-corrected chi connectivity index (χ0v) is 14.3. The fourth-order valence-corrected chi connectivity index (χ4v) is 2.50. The molecule has 0 bridgehead atoms. The molecule has 1 fully saturated rings. The van der Waals surface area contributed by atoms with Crippen molar-refractivity contribution in [3.05, 3.63) is 28.3 Å². The van der Waals surface area contributed by atoms with E-state index in [1.165, 1.54) is 12.8 Å². The number of hydrogen-bond donors (Lipinski definition) is 1. The van der Waals surface area contributed by atoms with Crippen LogP contribution in [0.5, 0.6) is 5.75 Å². The molecule has 21 heavy (non-hydrogen) atoms. The van der Waals surface area contributed by atoms with Gasteiger partial charge in [0.15, 0.2) is 0 Å². The summed E-state index contributed by atoms with van der Waals surface area (Å²) in [7, 11) is 1.68. The predicted octanol–water partition coefficient (Wildman–Crippen LogP) is 3.98. The second-order valence-electron chi connectivity index (χ2n) is 5.63. The van der Waals surface area contributed by atoms with E-state index in [9.17, 15) is 0 Å². The highest BCUT2D eigenvalue weighted by atomic mass is 35.5. The summed E-state index contributed by atoms with van der Waals surface area (Å²) in [6.07, 6.45) is 4.26. The van der Waals surface area contributed by atoms with Gasteiger partial charge in [-0.15, -0.1) is 12.4 Å². The summed E-state index contributed by atoms with van der Waals surface area (Å²) in [6, 6.07) is 4.16. The highest BCUT2D eigenvalue weighted by Gasteiger charge is 2.23. The van der Waals surface area contributed by atoms with Crippen LogP contribution in [0.15, 0.2) is 12.1 Å². The van der Waals surface area contributed by atoms with Crippen LogP contribution in [0.3, 0.4) is 0 Å². The summed E-state index contributed by atoms with van der Waals surface area (Å²) in [5.74, 6) is 1.51. The van der Waals surface area contributed by atoms with Gasteiger partial charge in [0.1, 0.15) is 5.75 Å². The maximum absolute atomic E-state index is 6.38. The van der Waals surface area contributed by atoms with Gasteiger partial charge < -0.3 is 15.2 Å². The molecule has 1 aromatic rings. The molecule has 0 spiro atoms. The molecule has 0 aliphatic heterocycles. The van der Waals surface area contributed by atoms with E-state index < -0.39 is 0 Å². The third-order valence-corrected chi connectivity index (χ3v) is 3.94. The molecule has 2 rings (SSSR count). The molecule has 0 heterocycles. The van der Waals surface area contributed by atoms with Crippen LogP contribution in [-0.4, -0.2) is 19.8 Å². The number of benzene rings is 1. The average Bonchev–Trinajstić information content (AvgIpc) is 3.22. The highest BCUT2D eigenvalue weighted by Crippen LogP contribution is 2.35. The van der Waals surface area contributed by atoms with Crippen LogP contribution >= 0.6 is 24.0 Å². The van der Waals surface area contributed by atoms with Crippen molar-refractivity contribution in [2.75, 3.05) is 13.7 Å². The Hall–Kier alpha value is -0.480. The number of rotatable bonds is 8. The zero-order valence-electron chi connectivity index (χ0n) is 12.7. The monoisotopic (exact) mass is 333 g/mol. The molecule has 1 aliphatic rings. The minimum Gasteiger partial charge on any atom is -0.491 e.